The summed E-state index contributed by atoms with van der Waals surface area (Å²) in [4.78, 5) is 22.7. The van der Waals surface area contributed by atoms with Crippen LogP contribution in [-0.2, 0) is 13.1 Å². The number of carbonyl (C=O) groups excluding carboxylic acids is 1. The Hall–Kier alpha value is -2.58. The Balaban J connectivity index is 1.38. The fraction of sp³-hybridized carbons (Fsp3) is 0.333. The van der Waals surface area contributed by atoms with Gasteiger partial charge < -0.3 is 5.32 Å². The van der Waals surface area contributed by atoms with Crippen LogP contribution >= 0.6 is 11.3 Å². The van der Waals surface area contributed by atoms with Crippen LogP contribution in [0.3, 0.4) is 0 Å². The van der Waals surface area contributed by atoms with Crippen LogP contribution in [-0.4, -0.2) is 43.6 Å². The smallest absolute Gasteiger partial charge is 0.270 e. The standard InChI is InChI=1S/C18H20N6OS/c25-18(17-12-26-13-21-17)20-6-3-15-10-23(9-14-2-1-5-19-8-14)11-16-4-7-22-24(15)16/h1-2,4-5,7-8,12-13,15H,3,6,9-11H2,(H,20,25)/t15-/m0/s1. The molecule has 1 aliphatic heterocycles. The summed E-state index contributed by atoms with van der Waals surface area (Å²) in [5.41, 5.74) is 4.56. The van der Waals surface area contributed by atoms with Crippen LogP contribution < -0.4 is 5.32 Å². The fourth-order valence-electron chi connectivity index (χ4n) is 3.32. The van der Waals surface area contributed by atoms with Gasteiger partial charge in [0.15, 0.2) is 0 Å². The number of nitrogens with one attached hydrogen (secondary N) is 1. The Morgan fingerprint density at radius 3 is 3.12 bits per heavy atom. The second kappa shape index (κ2) is 7.76. The largest absolute Gasteiger partial charge is 0.351 e. The Bertz CT molecular complexity index is 848. The maximum atomic E-state index is 12.0. The average molecular weight is 368 g/mol. The van der Waals surface area contributed by atoms with Crippen molar-refractivity contribution in [3.63, 3.8) is 0 Å². The van der Waals surface area contributed by atoms with Gasteiger partial charge >= 0.3 is 0 Å². The molecule has 134 valence electrons. The van der Waals surface area contributed by atoms with Crippen LogP contribution in [0, 0.1) is 0 Å². The molecule has 4 heterocycles. The first kappa shape index (κ1) is 16.9. The molecule has 0 spiro atoms. The lowest BCUT2D eigenvalue weighted by atomic mass is 10.1. The van der Waals surface area contributed by atoms with Crippen molar-refractivity contribution in [2.24, 2.45) is 0 Å². The summed E-state index contributed by atoms with van der Waals surface area (Å²) < 4.78 is 2.09. The molecule has 0 aliphatic carbocycles. The third-order valence-electron chi connectivity index (χ3n) is 4.51. The van der Waals surface area contributed by atoms with Crippen molar-refractivity contribution < 1.29 is 4.79 Å². The number of pyridine rings is 1. The van der Waals surface area contributed by atoms with E-state index in [-0.39, 0.29) is 11.9 Å². The van der Waals surface area contributed by atoms with Gasteiger partial charge in [0.05, 0.1) is 17.2 Å². The molecule has 26 heavy (non-hydrogen) atoms. The van der Waals surface area contributed by atoms with Crippen molar-refractivity contribution in [1.29, 1.82) is 0 Å². The number of rotatable bonds is 6. The molecule has 1 aliphatic rings. The minimum absolute atomic E-state index is 0.116. The van der Waals surface area contributed by atoms with E-state index < -0.39 is 0 Å². The Morgan fingerprint density at radius 1 is 1.35 bits per heavy atom. The van der Waals surface area contributed by atoms with Gasteiger partial charge in [-0.05, 0) is 24.1 Å². The predicted octanol–water partition coefficient (Wildman–Crippen LogP) is 2.11. The van der Waals surface area contributed by atoms with Crippen LogP contribution in [0.15, 0.2) is 47.7 Å². The van der Waals surface area contributed by atoms with Gasteiger partial charge in [-0.3, -0.25) is 19.4 Å². The van der Waals surface area contributed by atoms with Crippen molar-refractivity contribution >= 4 is 17.2 Å². The average Bonchev–Trinajstić information content (AvgIpc) is 3.34. The van der Waals surface area contributed by atoms with E-state index in [1.807, 2.05) is 18.5 Å². The molecule has 1 N–H and O–H groups in total. The molecule has 0 fully saturated rings. The second-order valence-corrected chi connectivity index (χ2v) is 7.09. The highest BCUT2D eigenvalue weighted by atomic mass is 32.1. The van der Waals surface area contributed by atoms with Gasteiger partial charge in [0.1, 0.15) is 5.69 Å². The van der Waals surface area contributed by atoms with E-state index in [4.69, 9.17) is 0 Å². The Labute approximate surface area is 155 Å². The zero-order valence-electron chi connectivity index (χ0n) is 14.3. The summed E-state index contributed by atoms with van der Waals surface area (Å²) in [5.74, 6) is -0.116. The fourth-order valence-corrected chi connectivity index (χ4v) is 3.85. The van der Waals surface area contributed by atoms with Gasteiger partial charge in [-0.1, -0.05) is 6.07 Å². The molecule has 3 aromatic rings. The first-order valence-electron chi connectivity index (χ1n) is 8.59. The summed E-state index contributed by atoms with van der Waals surface area (Å²) in [7, 11) is 0. The predicted molar refractivity (Wildman–Crippen MR) is 98.7 cm³/mol. The van der Waals surface area contributed by atoms with Gasteiger partial charge in [-0.15, -0.1) is 11.3 Å². The molecular weight excluding hydrogens is 348 g/mol. The minimum atomic E-state index is -0.116. The van der Waals surface area contributed by atoms with Crippen LogP contribution in [0.4, 0.5) is 0 Å². The molecule has 4 rings (SSSR count). The molecule has 0 radical (unpaired) electrons. The Kier molecular flexibility index (Phi) is 5.03. The third-order valence-corrected chi connectivity index (χ3v) is 5.10. The highest BCUT2D eigenvalue weighted by molar-refractivity contribution is 7.07. The summed E-state index contributed by atoms with van der Waals surface area (Å²) in [6, 6.07) is 6.37. The lowest BCUT2D eigenvalue weighted by molar-refractivity contribution is 0.0942. The molecule has 1 atom stereocenters. The highest BCUT2D eigenvalue weighted by Crippen LogP contribution is 2.24. The van der Waals surface area contributed by atoms with E-state index in [0.29, 0.717) is 12.2 Å². The summed E-state index contributed by atoms with van der Waals surface area (Å²) in [6.07, 6.45) is 6.38. The maximum absolute atomic E-state index is 12.0. The van der Waals surface area contributed by atoms with E-state index in [9.17, 15) is 4.79 Å². The summed E-state index contributed by atoms with van der Waals surface area (Å²) in [6.45, 7) is 3.23. The molecule has 0 bridgehead atoms. The molecule has 7 nitrogen and oxygen atoms in total. The molecule has 0 aromatic carbocycles. The van der Waals surface area contributed by atoms with Gasteiger partial charge in [-0.25, -0.2) is 4.98 Å². The zero-order valence-corrected chi connectivity index (χ0v) is 15.1. The summed E-state index contributed by atoms with van der Waals surface area (Å²) in [5, 5.41) is 9.20. The molecule has 0 saturated heterocycles. The number of carbonyl (C=O) groups is 1. The molecular formula is C18H20N6OS. The van der Waals surface area contributed by atoms with Crippen molar-refractivity contribution in [1.82, 2.24) is 30.0 Å². The zero-order chi connectivity index (χ0) is 17.8. The normalized spacial score (nSPS) is 17.0. The number of hydrogen-bond acceptors (Lipinski definition) is 6. The topological polar surface area (TPSA) is 75.9 Å². The van der Waals surface area contributed by atoms with E-state index in [2.05, 4.69) is 42.1 Å². The lowest BCUT2D eigenvalue weighted by Crippen LogP contribution is -2.39. The van der Waals surface area contributed by atoms with Crippen LogP contribution in [0.25, 0.3) is 0 Å². The van der Waals surface area contributed by atoms with Crippen LogP contribution in [0.2, 0.25) is 0 Å². The molecule has 0 saturated carbocycles. The number of amides is 1. The number of hydrogen-bond donors (Lipinski definition) is 1. The molecule has 8 heteroatoms. The highest BCUT2D eigenvalue weighted by Gasteiger charge is 2.25. The van der Waals surface area contributed by atoms with Crippen molar-refractivity contribution in [2.75, 3.05) is 13.1 Å². The maximum Gasteiger partial charge on any atom is 0.270 e. The Morgan fingerprint density at radius 2 is 2.31 bits per heavy atom. The quantitative estimate of drug-likeness (QED) is 0.721. The van der Waals surface area contributed by atoms with Crippen molar-refractivity contribution in [3.05, 3.63) is 64.6 Å². The first-order chi connectivity index (χ1) is 12.8. The number of thiazole rings is 1. The number of fused-ring (bicyclic) bond motifs is 1. The second-order valence-electron chi connectivity index (χ2n) is 6.37. The van der Waals surface area contributed by atoms with Gasteiger partial charge in [0.25, 0.3) is 5.91 Å². The van der Waals surface area contributed by atoms with Crippen molar-refractivity contribution in [3.8, 4) is 0 Å². The van der Waals surface area contributed by atoms with Crippen molar-refractivity contribution in [2.45, 2.75) is 25.6 Å². The number of aromatic nitrogens is 4. The van der Waals surface area contributed by atoms with E-state index in [0.717, 1.165) is 26.1 Å². The van der Waals surface area contributed by atoms with E-state index >= 15 is 0 Å². The SMILES string of the molecule is O=C(NCC[C@H]1CN(Cc2cccnc2)Cc2ccnn21)c1cscn1. The number of nitrogens with zero attached hydrogens (tertiary/aromatic N) is 5. The van der Waals surface area contributed by atoms with E-state index in [1.165, 1.54) is 22.6 Å². The van der Waals surface area contributed by atoms with Gasteiger partial charge in [0, 0.05) is 50.1 Å². The molecule has 1 amide bonds. The minimum Gasteiger partial charge on any atom is -0.351 e. The summed E-state index contributed by atoms with van der Waals surface area (Å²) >= 11 is 1.42. The molecule has 3 aromatic heterocycles. The van der Waals surface area contributed by atoms with Crippen LogP contribution in [0.1, 0.15) is 34.2 Å². The first-order valence-corrected chi connectivity index (χ1v) is 9.54. The third kappa shape index (κ3) is 3.81. The van der Waals surface area contributed by atoms with Gasteiger partial charge in [0.2, 0.25) is 0 Å². The lowest BCUT2D eigenvalue weighted by Gasteiger charge is -2.34. The molecule has 0 unspecified atom stereocenters. The van der Waals surface area contributed by atoms with E-state index in [1.54, 1.807) is 17.1 Å². The monoisotopic (exact) mass is 368 g/mol. The van der Waals surface area contributed by atoms with Gasteiger partial charge in [-0.2, -0.15) is 5.10 Å². The van der Waals surface area contributed by atoms with Crippen LogP contribution in [0.5, 0.6) is 0 Å².